The molecule has 1 aliphatic carbocycles. The average molecular weight is 415 g/mol. The fourth-order valence-corrected chi connectivity index (χ4v) is 6.75. The Balaban J connectivity index is 1.57. The van der Waals surface area contributed by atoms with Gasteiger partial charge in [0.2, 0.25) is 15.9 Å². The average Bonchev–Trinajstić information content (AvgIpc) is 3.33. The molecule has 2 aliphatic rings. The Kier molecular flexibility index (Phi) is 4.61. The Bertz CT molecular complexity index is 1040. The first-order valence-corrected chi connectivity index (χ1v) is 11.3. The summed E-state index contributed by atoms with van der Waals surface area (Å²) in [6, 6.07) is 12.7. The maximum atomic E-state index is 13.4. The number of ether oxygens (including phenoxy) is 1. The molecule has 1 aliphatic heterocycles. The lowest BCUT2D eigenvalue weighted by Gasteiger charge is -2.26. The Morgan fingerprint density at radius 3 is 2.34 bits per heavy atom. The second kappa shape index (κ2) is 6.76. The molecule has 6 nitrogen and oxygen atoms in total. The van der Waals surface area contributed by atoms with Crippen LogP contribution in [0.1, 0.15) is 31.4 Å². The van der Waals surface area contributed by atoms with Gasteiger partial charge in [0.25, 0.3) is 0 Å². The number of benzene rings is 2. The molecule has 154 valence electrons. The molecule has 2 atom stereocenters. The van der Waals surface area contributed by atoms with Gasteiger partial charge in [-0.2, -0.15) is 0 Å². The van der Waals surface area contributed by atoms with E-state index in [4.69, 9.17) is 4.74 Å². The van der Waals surface area contributed by atoms with Gasteiger partial charge >= 0.3 is 0 Å². The van der Waals surface area contributed by atoms with Crippen molar-refractivity contribution in [3.05, 3.63) is 53.6 Å². The second-order valence-corrected chi connectivity index (χ2v) is 10.3. The zero-order chi connectivity index (χ0) is 21.0. The standard InChI is InChI=1S/C22H26N2O4S/c1-14(2)28-19-10-8-18(9-11-19)23-21(25)22-12-17(22)13-24(29(22,26)27)20-15(3)6-5-7-16(20)4/h5-11,14,17H,12-13H2,1-4H3,(H,23,25)/t17-,22+/m0/s1. The van der Waals surface area contributed by atoms with Crippen molar-refractivity contribution in [2.75, 3.05) is 16.2 Å². The number of nitrogens with one attached hydrogen (secondary N) is 1. The first kappa shape index (κ1) is 19.8. The van der Waals surface area contributed by atoms with Crippen LogP contribution in [0.2, 0.25) is 0 Å². The number of carbonyl (C=O) groups excluding carboxylic acids is 1. The third kappa shape index (κ3) is 3.08. The molecule has 0 spiro atoms. The summed E-state index contributed by atoms with van der Waals surface area (Å²) in [5.41, 5.74) is 3.05. The van der Waals surface area contributed by atoms with Crippen molar-refractivity contribution in [3.63, 3.8) is 0 Å². The molecular weight excluding hydrogens is 388 g/mol. The summed E-state index contributed by atoms with van der Waals surface area (Å²) in [6.45, 7) is 8.02. The van der Waals surface area contributed by atoms with Crippen LogP contribution in [-0.2, 0) is 14.8 Å². The minimum atomic E-state index is -3.80. The van der Waals surface area contributed by atoms with E-state index < -0.39 is 20.7 Å². The van der Waals surface area contributed by atoms with Gasteiger partial charge in [0.1, 0.15) is 5.75 Å². The third-order valence-corrected chi connectivity index (χ3v) is 8.26. The van der Waals surface area contributed by atoms with Crippen LogP contribution in [-0.4, -0.2) is 31.7 Å². The zero-order valence-corrected chi connectivity index (χ0v) is 17.9. The van der Waals surface area contributed by atoms with E-state index in [-0.39, 0.29) is 12.0 Å². The van der Waals surface area contributed by atoms with Gasteiger partial charge < -0.3 is 10.1 Å². The SMILES string of the molecule is Cc1cccc(C)c1N1C[C@@H]2C[C@@]2(C(=O)Nc2ccc(OC(C)C)cc2)S1(=O)=O. The molecule has 1 heterocycles. The van der Waals surface area contributed by atoms with E-state index in [1.807, 2.05) is 45.9 Å². The first-order chi connectivity index (χ1) is 13.7. The number of sulfonamides is 1. The molecule has 0 unspecified atom stereocenters. The number of anilines is 2. The van der Waals surface area contributed by atoms with Crippen molar-refractivity contribution in [2.45, 2.75) is 45.0 Å². The number of para-hydroxylation sites is 1. The highest BCUT2D eigenvalue weighted by atomic mass is 32.2. The van der Waals surface area contributed by atoms with Gasteiger partial charge in [0.15, 0.2) is 4.75 Å². The van der Waals surface area contributed by atoms with Crippen LogP contribution in [0.15, 0.2) is 42.5 Å². The Morgan fingerprint density at radius 2 is 1.76 bits per heavy atom. The van der Waals surface area contributed by atoms with E-state index in [0.29, 0.717) is 30.1 Å². The van der Waals surface area contributed by atoms with Crippen LogP contribution >= 0.6 is 0 Å². The molecule has 0 radical (unpaired) electrons. The highest BCUT2D eigenvalue weighted by molar-refractivity contribution is 7.95. The number of carbonyl (C=O) groups is 1. The lowest BCUT2D eigenvalue weighted by molar-refractivity contribution is -0.116. The topological polar surface area (TPSA) is 75.7 Å². The van der Waals surface area contributed by atoms with Crippen LogP contribution in [0.4, 0.5) is 11.4 Å². The number of hydrogen-bond donors (Lipinski definition) is 1. The number of hydrogen-bond acceptors (Lipinski definition) is 4. The van der Waals surface area contributed by atoms with Crippen molar-refractivity contribution in [2.24, 2.45) is 5.92 Å². The molecule has 1 saturated heterocycles. The molecular formula is C22H26N2O4S. The lowest BCUT2D eigenvalue weighted by atomic mass is 10.1. The van der Waals surface area contributed by atoms with Crippen LogP contribution in [0.3, 0.4) is 0 Å². The van der Waals surface area contributed by atoms with Gasteiger partial charge in [-0.15, -0.1) is 0 Å². The van der Waals surface area contributed by atoms with E-state index in [9.17, 15) is 13.2 Å². The Labute approximate surface area is 171 Å². The molecule has 1 saturated carbocycles. The van der Waals surface area contributed by atoms with Crippen LogP contribution < -0.4 is 14.4 Å². The van der Waals surface area contributed by atoms with E-state index in [2.05, 4.69) is 5.32 Å². The number of amides is 1. The zero-order valence-electron chi connectivity index (χ0n) is 17.1. The molecule has 2 fully saturated rings. The predicted octanol–water partition coefficient (Wildman–Crippen LogP) is 3.64. The maximum Gasteiger partial charge on any atom is 0.250 e. The predicted molar refractivity (Wildman–Crippen MR) is 114 cm³/mol. The first-order valence-electron chi connectivity index (χ1n) is 9.83. The molecule has 0 bridgehead atoms. The maximum absolute atomic E-state index is 13.4. The van der Waals surface area contributed by atoms with E-state index in [1.165, 1.54) is 4.31 Å². The van der Waals surface area contributed by atoms with Crippen LogP contribution in [0.25, 0.3) is 0 Å². The van der Waals surface area contributed by atoms with Crippen molar-refractivity contribution < 1.29 is 17.9 Å². The van der Waals surface area contributed by atoms with Crippen molar-refractivity contribution >= 4 is 27.3 Å². The van der Waals surface area contributed by atoms with Crippen molar-refractivity contribution in [3.8, 4) is 5.75 Å². The van der Waals surface area contributed by atoms with E-state index in [0.717, 1.165) is 11.1 Å². The fraction of sp³-hybridized carbons (Fsp3) is 0.409. The van der Waals surface area contributed by atoms with E-state index >= 15 is 0 Å². The Morgan fingerprint density at radius 1 is 1.14 bits per heavy atom. The summed E-state index contributed by atoms with van der Waals surface area (Å²) in [6.07, 6.45) is 0.429. The molecule has 4 rings (SSSR count). The third-order valence-electron chi connectivity index (χ3n) is 5.74. The summed E-state index contributed by atoms with van der Waals surface area (Å²) in [5.74, 6) is 0.0685. The molecule has 29 heavy (non-hydrogen) atoms. The minimum absolute atomic E-state index is 0.0565. The quantitative estimate of drug-likeness (QED) is 0.811. The van der Waals surface area contributed by atoms with Crippen molar-refractivity contribution in [1.29, 1.82) is 0 Å². The van der Waals surface area contributed by atoms with Gasteiger partial charge in [0, 0.05) is 18.2 Å². The normalized spacial score (nSPS) is 24.3. The van der Waals surface area contributed by atoms with Crippen molar-refractivity contribution in [1.82, 2.24) is 0 Å². The number of fused-ring (bicyclic) bond motifs is 1. The highest BCUT2D eigenvalue weighted by Crippen LogP contribution is 2.59. The largest absolute Gasteiger partial charge is 0.491 e. The number of rotatable bonds is 5. The van der Waals surface area contributed by atoms with Gasteiger partial charge in [-0.3, -0.25) is 9.10 Å². The van der Waals surface area contributed by atoms with Gasteiger partial charge in [0.05, 0.1) is 11.8 Å². The molecule has 2 aromatic rings. The summed E-state index contributed by atoms with van der Waals surface area (Å²) in [4.78, 5) is 13.1. The lowest BCUT2D eigenvalue weighted by Crippen LogP contribution is -2.42. The minimum Gasteiger partial charge on any atom is -0.491 e. The van der Waals surface area contributed by atoms with Crippen LogP contribution in [0, 0.1) is 19.8 Å². The monoisotopic (exact) mass is 414 g/mol. The smallest absolute Gasteiger partial charge is 0.250 e. The van der Waals surface area contributed by atoms with Gasteiger partial charge in [-0.1, -0.05) is 18.2 Å². The number of aryl methyl sites for hydroxylation is 2. The summed E-state index contributed by atoms with van der Waals surface area (Å²) in [7, 11) is -3.80. The Hall–Kier alpha value is -2.54. The fourth-order valence-electron chi connectivity index (χ4n) is 4.26. The molecule has 1 N–H and O–H groups in total. The summed E-state index contributed by atoms with van der Waals surface area (Å²) in [5, 5.41) is 2.80. The highest BCUT2D eigenvalue weighted by Gasteiger charge is 2.75. The van der Waals surface area contributed by atoms with Crippen LogP contribution in [0.5, 0.6) is 5.75 Å². The van der Waals surface area contributed by atoms with E-state index in [1.54, 1.807) is 24.3 Å². The van der Waals surface area contributed by atoms with Gasteiger partial charge in [-0.05, 0) is 69.5 Å². The number of nitrogens with zero attached hydrogens (tertiary/aromatic N) is 1. The van der Waals surface area contributed by atoms with Gasteiger partial charge in [-0.25, -0.2) is 8.42 Å². The second-order valence-electron chi connectivity index (χ2n) is 8.21. The summed E-state index contributed by atoms with van der Waals surface area (Å²) >= 11 is 0. The molecule has 1 amide bonds. The summed E-state index contributed by atoms with van der Waals surface area (Å²) < 4.78 is 32.5. The molecule has 0 aromatic heterocycles. The molecule has 2 aromatic carbocycles. The molecule has 7 heteroatoms.